The van der Waals surface area contributed by atoms with Crippen molar-refractivity contribution in [3.8, 4) is 11.5 Å². The van der Waals surface area contributed by atoms with Crippen molar-refractivity contribution in [1.29, 1.82) is 0 Å². The fourth-order valence-electron chi connectivity index (χ4n) is 3.20. The fraction of sp³-hybridized carbons (Fsp3) is 0.579. The highest BCUT2D eigenvalue weighted by atomic mass is 16.7. The summed E-state index contributed by atoms with van der Waals surface area (Å²) in [5.74, 6) is 1.25. The number of nitrogens with one attached hydrogen (secondary N) is 2. The molecule has 1 aromatic carbocycles. The van der Waals surface area contributed by atoms with E-state index in [4.69, 9.17) is 18.9 Å². The second-order valence-corrected chi connectivity index (χ2v) is 6.43. The number of ether oxygens (including phenoxy) is 4. The normalized spacial score (nSPS) is 18.5. The molecule has 2 N–H and O–H groups in total. The van der Waals surface area contributed by atoms with E-state index in [0.717, 1.165) is 5.69 Å². The number of amides is 3. The van der Waals surface area contributed by atoms with Gasteiger partial charge in [-0.3, -0.25) is 4.79 Å². The van der Waals surface area contributed by atoms with E-state index in [9.17, 15) is 9.59 Å². The predicted molar refractivity (Wildman–Crippen MR) is 102 cm³/mol. The molecule has 1 saturated heterocycles. The van der Waals surface area contributed by atoms with E-state index in [1.54, 1.807) is 17.0 Å². The standard InChI is InChI=1S/C19H27N3O6/c1-3-25-18(26-4-2)11-20-19(24)21-13-9-17(23)22(12-13)14-5-6-15-16(10-14)28-8-7-27-15/h5-6,10,13,18H,3-4,7-9,11-12H2,1-2H3,(H2,20,21,24)/t13-/m1/s1. The first kappa shape index (κ1) is 20.2. The Morgan fingerprint density at radius 2 is 1.93 bits per heavy atom. The highest BCUT2D eigenvalue weighted by Gasteiger charge is 2.32. The number of fused-ring (bicyclic) bond motifs is 1. The molecular formula is C19H27N3O6. The summed E-state index contributed by atoms with van der Waals surface area (Å²) in [7, 11) is 0. The average Bonchev–Trinajstić information content (AvgIpc) is 3.06. The Hall–Kier alpha value is -2.52. The number of hydrogen-bond donors (Lipinski definition) is 2. The maximum atomic E-state index is 12.4. The lowest BCUT2D eigenvalue weighted by Crippen LogP contribution is -2.46. The van der Waals surface area contributed by atoms with E-state index >= 15 is 0 Å². The van der Waals surface area contributed by atoms with Crippen LogP contribution in [0.25, 0.3) is 0 Å². The molecule has 28 heavy (non-hydrogen) atoms. The van der Waals surface area contributed by atoms with Crippen LogP contribution in [0.2, 0.25) is 0 Å². The SMILES string of the molecule is CCOC(CNC(=O)N[C@@H]1CC(=O)N(c2ccc3c(c2)OCCO3)C1)OCC. The quantitative estimate of drug-likeness (QED) is 0.646. The molecule has 0 aliphatic carbocycles. The first-order valence-corrected chi connectivity index (χ1v) is 9.58. The Labute approximate surface area is 164 Å². The van der Waals surface area contributed by atoms with Crippen molar-refractivity contribution in [3.63, 3.8) is 0 Å². The van der Waals surface area contributed by atoms with Gasteiger partial charge in [-0.25, -0.2) is 4.79 Å². The molecule has 0 bridgehead atoms. The summed E-state index contributed by atoms with van der Waals surface area (Å²) in [6.07, 6.45) is -0.248. The van der Waals surface area contributed by atoms with Crippen molar-refractivity contribution < 1.29 is 28.5 Å². The molecule has 3 rings (SSSR count). The summed E-state index contributed by atoms with van der Waals surface area (Å²) in [5.41, 5.74) is 0.728. The summed E-state index contributed by atoms with van der Waals surface area (Å²) >= 11 is 0. The average molecular weight is 393 g/mol. The molecule has 2 heterocycles. The molecule has 1 atom stereocenters. The first-order chi connectivity index (χ1) is 13.6. The van der Waals surface area contributed by atoms with Crippen LogP contribution in [-0.2, 0) is 14.3 Å². The second-order valence-electron chi connectivity index (χ2n) is 6.43. The minimum atomic E-state index is -0.486. The number of rotatable bonds is 8. The maximum absolute atomic E-state index is 12.4. The van der Waals surface area contributed by atoms with Crippen LogP contribution in [0, 0.1) is 0 Å². The Bertz CT molecular complexity index is 692. The van der Waals surface area contributed by atoms with Crippen LogP contribution in [0.3, 0.4) is 0 Å². The van der Waals surface area contributed by atoms with E-state index in [2.05, 4.69) is 10.6 Å². The molecule has 0 saturated carbocycles. The van der Waals surface area contributed by atoms with Crippen molar-refractivity contribution in [1.82, 2.24) is 10.6 Å². The second kappa shape index (κ2) is 9.61. The first-order valence-electron chi connectivity index (χ1n) is 9.58. The summed E-state index contributed by atoms with van der Waals surface area (Å²) in [4.78, 5) is 26.2. The van der Waals surface area contributed by atoms with Gasteiger partial charge in [-0.1, -0.05) is 0 Å². The zero-order valence-corrected chi connectivity index (χ0v) is 16.2. The third-order valence-electron chi connectivity index (χ3n) is 4.43. The number of carbonyl (C=O) groups excluding carboxylic acids is 2. The van der Waals surface area contributed by atoms with Crippen LogP contribution in [-0.4, -0.2) is 63.8 Å². The molecule has 9 nitrogen and oxygen atoms in total. The Morgan fingerprint density at radius 1 is 1.21 bits per heavy atom. The molecule has 0 spiro atoms. The van der Waals surface area contributed by atoms with Gasteiger partial charge < -0.3 is 34.5 Å². The zero-order chi connectivity index (χ0) is 19.9. The van der Waals surface area contributed by atoms with E-state index in [0.29, 0.717) is 44.5 Å². The van der Waals surface area contributed by atoms with Crippen LogP contribution in [0.5, 0.6) is 11.5 Å². The Kier molecular flexibility index (Phi) is 6.94. The van der Waals surface area contributed by atoms with Crippen LogP contribution in [0.4, 0.5) is 10.5 Å². The Balaban J connectivity index is 1.52. The van der Waals surface area contributed by atoms with E-state index in [1.165, 1.54) is 0 Å². The highest BCUT2D eigenvalue weighted by molar-refractivity contribution is 5.97. The van der Waals surface area contributed by atoms with Gasteiger partial charge in [-0.2, -0.15) is 0 Å². The van der Waals surface area contributed by atoms with E-state index in [-0.39, 0.29) is 30.9 Å². The summed E-state index contributed by atoms with van der Waals surface area (Å²) < 4.78 is 21.9. The number of anilines is 1. The van der Waals surface area contributed by atoms with Gasteiger partial charge in [0.2, 0.25) is 5.91 Å². The third-order valence-corrected chi connectivity index (χ3v) is 4.43. The lowest BCUT2D eigenvalue weighted by atomic mass is 10.2. The summed E-state index contributed by atoms with van der Waals surface area (Å²) in [5, 5.41) is 5.55. The lowest BCUT2D eigenvalue weighted by Gasteiger charge is -2.22. The molecule has 3 amide bonds. The molecule has 2 aliphatic heterocycles. The van der Waals surface area contributed by atoms with Gasteiger partial charge in [0.05, 0.1) is 12.6 Å². The number of benzene rings is 1. The monoisotopic (exact) mass is 393 g/mol. The predicted octanol–water partition coefficient (Wildman–Crippen LogP) is 1.26. The van der Waals surface area contributed by atoms with Crippen LogP contribution < -0.4 is 25.0 Å². The molecule has 9 heteroatoms. The number of urea groups is 1. The van der Waals surface area contributed by atoms with Gasteiger partial charge in [0.25, 0.3) is 0 Å². The maximum Gasteiger partial charge on any atom is 0.315 e. The van der Waals surface area contributed by atoms with Crippen molar-refractivity contribution in [2.45, 2.75) is 32.6 Å². The molecule has 0 radical (unpaired) electrons. The van der Waals surface area contributed by atoms with Crippen molar-refractivity contribution in [2.24, 2.45) is 0 Å². The third kappa shape index (κ3) is 5.05. The summed E-state index contributed by atoms with van der Waals surface area (Å²) in [6.45, 7) is 6.35. The van der Waals surface area contributed by atoms with Crippen LogP contribution >= 0.6 is 0 Å². The molecule has 2 aliphatic rings. The highest BCUT2D eigenvalue weighted by Crippen LogP contribution is 2.35. The number of hydrogen-bond acceptors (Lipinski definition) is 6. The van der Waals surface area contributed by atoms with E-state index < -0.39 is 6.29 Å². The molecule has 0 unspecified atom stereocenters. The van der Waals surface area contributed by atoms with Crippen molar-refractivity contribution >= 4 is 17.6 Å². The van der Waals surface area contributed by atoms with E-state index in [1.807, 2.05) is 19.9 Å². The van der Waals surface area contributed by atoms with Gasteiger partial charge in [0.15, 0.2) is 17.8 Å². The van der Waals surface area contributed by atoms with Crippen molar-refractivity contribution in [3.05, 3.63) is 18.2 Å². The number of carbonyl (C=O) groups is 2. The van der Waals surface area contributed by atoms with Crippen molar-refractivity contribution in [2.75, 3.05) is 44.4 Å². The van der Waals surface area contributed by atoms with Gasteiger partial charge in [-0.05, 0) is 26.0 Å². The van der Waals surface area contributed by atoms with Gasteiger partial charge in [-0.15, -0.1) is 0 Å². The Morgan fingerprint density at radius 3 is 2.64 bits per heavy atom. The van der Waals surface area contributed by atoms with Gasteiger partial charge in [0.1, 0.15) is 13.2 Å². The molecule has 154 valence electrons. The zero-order valence-electron chi connectivity index (χ0n) is 16.2. The summed E-state index contributed by atoms with van der Waals surface area (Å²) in [6, 6.07) is 4.78. The fourth-order valence-corrected chi connectivity index (χ4v) is 3.20. The lowest BCUT2D eigenvalue weighted by molar-refractivity contribution is -0.131. The molecular weight excluding hydrogens is 366 g/mol. The smallest absolute Gasteiger partial charge is 0.315 e. The minimum Gasteiger partial charge on any atom is -0.486 e. The number of nitrogens with zero attached hydrogens (tertiary/aromatic N) is 1. The van der Waals surface area contributed by atoms with Crippen LogP contribution in [0.15, 0.2) is 18.2 Å². The van der Waals surface area contributed by atoms with Gasteiger partial charge >= 0.3 is 6.03 Å². The topological polar surface area (TPSA) is 98.4 Å². The largest absolute Gasteiger partial charge is 0.486 e. The van der Waals surface area contributed by atoms with Crippen LogP contribution in [0.1, 0.15) is 20.3 Å². The minimum absolute atomic E-state index is 0.0523. The molecule has 1 aromatic rings. The van der Waals surface area contributed by atoms with Gasteiger partial charge in [0, 0.05) is 37.9 Å². The molecule has 1 fully saturated rings. The molecule has 0 aromatic heterocycles.